The van der Waals surface area contributed by atoms with Gasteiger partial charge in [0.25, 0.3) is 0 Å². The second-order valence-electron chi connectivity index (χ2n) is 9.34. The summed E-state index contributed by atoms with van der Waals surface area (Å²) in [5.74, 6) is 1.58. The van der Waals surface area contributed by atoms with Gasteiger partial charge in [-0.05, 0) is 48.6 Å². The molecule has 2 fully saturated rings. The van der Waals surface area contributed by atoms with Crippen LogP contribution in [0.15, 0.2) is 18.2 Å². The summed E-state index contributed by atoms with van der Waals surface area (Å²) < 4.78 is 12.4. The first kappa shape index (κ1) is 18.8. The van der Waals surface area contributed by atoms with Crippen LogP contribution in [0.5, 0.6) is 0 Å². The summed E-state index contributed by atoms with van der Waals surface area (Å²) >= 11 is 0. The molecule has 4 heteroatoms. The Kier molecular flexibility index (Phi) is 4.96. The summed E-state index contributed by atoms with van der Waals surface area (Å²) in [7, 11) is 2.11. The Morgan fingerprint density at radius 3 is 2.78 bits per heavy atom. The van der Waals surface area contributed by atoms with E-state index in [2.05, 4.69) is 51.8 Å². The van der Waals surface area contributed by atoms with E-state index in [1.807, 2.05) is 6.07 Å². The minimum absolute atomic E-state index is 0.0712. The van der Waals surface area contributed by atoms with Crippen molar-refractivity contribution >= 4 is 11.7 Å². The molecule has 2 heterocycles. The smallest absolute Gasteiger partial charge is 0.316 e. The average molecular weight is 372 g/mol. The van der Waals surface area contributed by atoms with Crippen LogP contribution in [0.25, 0.3) is 0 Å². The molecule has 0 radical (unpaired) electrons. The Morgan fingerprint density at radius 2 is 2.04 bits per heavy atom. The lowest BCUT2D eigenvalue weighted by Crippen LogP contribution is -2.43. The fraction of sp³-hybridized carbons (Fsp3) is 0.696. The summed E-state index contributed by atoms with van der Waals surface area (Å²) in [6.45, 7) is 9.79. The summed E-state index contributed by atoms with van der Waals surface area (Å²) in [4.78, 5) is 15.1. The first-order valence-corrected chi connectivity index (χ1v) is 10.5. The highest BCUT2D eigenvalue weighted by Gasteiger charge is 2.51. The second-order valence-corrected chi connectivity index (χ2v) is 9.34. The van der Waals surface area contributed by atoms with Crippen LogP contribution in [0.3, 0.4) is 0 Å². The maximum atomic E-state index is 12.8. The molecular weight excluding hydrogens is 338 g/mol. The van der Waals surface area contributed by atoms with Gasteiger partial charge in [-0.3, -0.25) is 4.79 Å². The number of anilines is 1. The molecule has 1 saturated carbocycles. The van der Waals surface area contributed by atoms with E-state index in [1.54, 1.807) is 0 Å². The molecule has 1 aromatic rings. The van der Waals surface area contributed by atoms with Gasteiger partial charge in [0, 0.05) is 19.3 Å². The van der Waals surface area contributed by atoms with Gasteiger partial charge in [0.15, 0.2) is 0 Å². The first-order chi connectivity index (χ1) is 12.9. The van der Waals surface area contributed by atoms with Gasteiger partial charge in [-0.1, -0.05) is 45.4 Å². The highest BCUT2D eigenvalue weighted by atomic mass is 16.7. The molecule has 1 aromatic carbocycles. The lowest BCUT2D eigenvalue weighted by atomic mass is 9.75. The van der Waals surface area contributed by atoms with E-state index >= 15 is 0 Å². The van der Waals surface area contributed by atoms with Gasteiger partial charge >= 0.3 is 5.97 Å². The molecule has 6 atom stereocenters. The number of nitrogens with zero attached hydrogens (tertiary/aromatic N) is 1. The summed E-state index contributed by atoms with van der Waals surface area (Å²) in [5.41, 5.74) is 3.50. The Labute approximate surface area is 163 Å². The Bertz CT molecular complexity index is 716. The van der Waals surface area contributed by atoms with Crippen molar-refractivity contribution in [2.45, 2.75) is 65.3 Å². The van der Waals surface area contributed by atoms with Crippen molar-refractivity contribution in [2.24, 2.45) is 23.7 Å². The molecule has 27 heavy (non-hydrogen) atoms. The van der Waals surface area contributed by atoms with Crippen molar-refractivity contribution in [2.75, 3.05) is 18.5 Å². The van der Waals surface area contributed by atoms with Gasteiger partial charge in [0.2, 0.25) is 6.29 Å². The van der Waals surface area contributed by atoms with Crippen LogP contribution >= 0.6 is 0 Å². The molecule has 3 aliphatic rings. The largest absolute Gasteiger partial charge is 0.435 e. The number of ether oxygens (including phenoxy) is 2. The third-order valence-corrected chi connectivity index (χ3v) is 7.00. The van der Waals surface area contributed by atoms with Crippen LogP contribution < -0.4 is 4.90 Å². The number of benzene rings is 1. The van der Waals surface area contributed by atoms with E-state index < -0.39 is 6.29 Å². The summed E-state index contributed by atoms with van der Waals surface area (Å²) in [6, 6.07) is 6.24. The van der Waals surface area contributed by atoms with E-state index in [0.717, 1.165) is 18.5 Å². The molecule has 0 amide bonds. The number of hydrogen-bond donors (Lipinski definition) is 0. The number of fused-ring (bicyclic) bond motifs is 3. The van der Waals surface area contributed by atoms with Crippen molar-refractivity contribution in [3.05, 3.63) is 29.3 Å². The maximum absolute atomic E-state index is 12.8. The Morgan fingerprint density at radius 1 is 1.26 bits per heavy atom. The lowest BCUT2D eigenvalue weighted by Gasteiger charge is -2.40. The zero-order valence-electron chi connectivity index (χ0n) is 17.3. The number of carbonyl (C=O) groups is 1. The molecule has 2 aliphatic heterocycles. The van der Waals surface area contributed by atoms with E-state index in [0.29, 0.717) is 17.8 Å². The Balaban J connectivity index is 1.59. The highest BCUT2D eigenvalue weighted by molar-refractivity contribution is 5.85. The fourth-order valence-electron chi connectivity index (χ4n) is 5.59. The number of carbonyl (C=O) groups excluding carboxylic acids is 1. The van der Waals surface area contributed by atoms with Crippen LogP contribution in [-0.4, -0.2) is 32.0 Å². The SMILES string of the molecule is Cc1cccc2c1N(C)C[C@@H]1[C@H](O[C@@H]3C[C@H](C)CC[C@H]3C(C)C)OC(=O)[C@H]21. The van der Waals surface area contributed by atoms with Crippen LogP contribution in [0.2, 0.25) is 0 Å². The number of rotatable bonds is 3. The maximum Gasteiger partial charge on any atom is 0.316 e. The topological polar surface area (TPSA) is 38.8 Å². The third kappa shape index (κ3) is 3.26. The number of esters is 1. The fourth-order valence-corrected chi connectivity index (χ4v) is 5.59. The number of cyclic esters (lactones) is 1. The highest BCUT2D eigenvalue weighted by Crippen LogP contribution is 2.47. The molecule has 1 aliphatic carbocycles. The predicted octanol–water partition coefficient (Wildman–Crippen LogP) is 4.50. The van der Waals surface area contributed by atoms with Gasteiger partial charge in [0.05, 0.1) is 17.9 Å². The molecule has 4 nitrogen and oxygen atoms in total. The minimum Gasteiger partial charge on any atom is -0.435 e. The van der Waals surface area contributed by atoms with Crippen molar-refractivity contribution in [3.63, 3.8) is 0 Å². The number of aryl methyl sites for hydroxylation is 1. The quantitative estimate of drug-likeness (QED) is 0.733. The van der Waals surface area contributed by atoms with Crippen LogP contribution in [0, 0.1) is 30.6 Å². The van der Waals surface area contributed by atoms with Crippen molar-refractivity contribution in [3.8, 4) is 0 Å². The standard InChI is InChI=1S/C23H33NO3/c1-13(2)16-10-9-14(3)11-19(16)26-23-18-12-24(5)21-15(4)7-6-8-17(21)20(18)22(25)27-23/h6-8,13-14,16,18-20,23H,9-12H2,1-5H3/t14-,16+,18+,19-,20-,23-/m1/s1. The monoisotopic (exact) mass is 371 g/mol. The molecule has 4 rings (SSSR count). The van der Waals surface area contributed by atoms with Gasteiger partial charge in [-0.25, -0.2) is 0 Å². The van der Waals surface area contributed by atoms with E-state index in [9.17, 15) is 4.79 Å². The summed E-state index contributed by atoms with van der Waals surface area (Å²) in [5, 5.41) is 0. The zero-order chi connectivity index (χ0) is 19.3. The van der Waals surface area contributed by atoms with Gasteiger partial charge in [-0.15, -0.1) is 0 Å². The molecule has 148 valence electrons. The Hall–Kier alpha value is -1.55. The van der Waals surface area contributed by atoms with Crippen LogP contribution in [0.4, 0.5) is 5.69 Å². The lowest BCUT2D eigenvalue weighted by molar-refractivity contribution is -0.195. The molecule has 0 aromatic heterocycles. The molecule has 0 N–H and O–H groups in total. The normalized spacial score (nSPS) is 35.8. The number of hydrogen-bond acceptors (Lipinski definition) is 4. The van der Waals surface area contributed by atoms with Crippen molar-refractivity contribution in [1.29, 1.82) is 0 Å². The molecule has 0 spiro atoms. The van der Waals surface area contributed by atoms with Gasteiger partial charge in [0.1, 0.15) is 0 Å². The molecule has 1 saturated heterocycles. The van der Waals surface area contributed by atoms with Crippen molar-refractivity contribution in [1.82, 2.24) is 0 Å². The van der Waals surface area contributed by atoms with Crippen molar-refractivity contribution < 1.29 is 14.3 Å². The van der Waals surface area contributed by atoms with Gasteiger partial charge in [-0.2, -0.15) is 0 Å². The molecular formula is C23H33NO3. The number of para-hydroxylation sites is 1. The van der Waals surface area contributed by atoms with E-state index in [4.69, 9.17) is 9.47 Å². The van der Waals surface area contributed by atoms with Gasteiger partial charge < -0.3 is 14.4 Å². The minimum atomic E-state index is -0.421. The molecule has 0 bridgehead atoms. The zero-order valence-corrected chi connectivity index (χ0v) is 17.3. The average Bonchev–Trinajstić information content (AvgIpc) is 2.90. The summed E-state index contributed by atoms with van der Waals surface area (Å²) in [6.07, 6.45) is 3.32. The predicted molar refractivity (Wildman–Crippen MR) is 107 cm³/mol. The third-order valence-electron chi connectivity index (χ3n) is 7.00. The first-order valence-electron chi connectivity index (χ1n) is 10.5. The molecule has 0 unspecified atom stereocenters. The van der Waals surface area contributed by atoms with E-state index in [-0.39, 0.29) is 23.9 Å². The van der Waals surface area contributed by atoms with Crippen LogP contribution in [-0.2, 0) is 14.3 Å². The second kappa shape index (κ2) is 7.12. The van der Waals surface area contributed by atoms with Crippen LogP contribution in [0.1, 0.15) is 57.1 Å². The van der Waals surface area contributed by atoms with E-state index in [1.165, 1.54) is 24.1 Å².